The highest BCUT2D eigenvalue weighted by Gasteiger charge is 2.49. The summed E-state index contributed by atoms with van der Waals surface area (Å²) in [5.41, 5.74) is 9.56. The lowest BCUT2D eigenvalue weighted by molar-refractivity contribution is 0.493. The van der Waals surface area contributed by atoms with Crippen molar-refractivity contribution >= 4 is 10.8 Å². The molecule has 2 atom stereocenters. The normalized spacial score (nSPS) is 23.0. The molecule has 1 aliphatic carbocycles. The van der Waals surface area contributed by atoms with Gasteiger partial charge in [-0.2, -0.15) is 0 Å². The maximum absolute atomic E-state index is 6.49. The largest absolute Gasteiger partial charge is 0.324 e. The van der Waals surface area contributed by atoms with E-state index in [4.69, 9.17) is 5.73 Å². The molecular formula is C17H21N. The van der Waals surface area contributed by atoms with Gasteiger partial charge in [0.2, 0.25) is 0 Å². The van der Waals surface area contributed by atoms with Gasteiger partial charge in [-0.25, -0.2) is 0 Å². The molecule has 2 unspecified atom stereocenters. The molecule has 1 heteroatoms. The molecule has 1 fully saturated rings. The van der Waals surface area contributed by atoms with Gasteiger partial charge in [0.1, 0.15) is 0 Å². The Morgan fingerprint density at radius 2 is 1.72 bits per heavy atom. The summed E-state index contributed by atoms with van der Waals surface area (Å²) in [5.74, 6) is 0.628. The quantitative estimate of drug-likeness (QED) is 0.835. The molecule has 18 heavy (non-hydrogen) atoms. The van der Waals surface area contributed by atoms with E-state index < -0.39 is 0 Å². The predicted molar refractivity (Wildman–Crippen MR) is 77.5 cm³/mol. The summed E-state index contributed by atoms with van der Waals surface area (Å²) in [6.45, 7) is 6.79. The lowest BCUT2D eigenvalue weighted by Gasteiger charge is -2.17. The predicted octanol–water partition coefficient (Wildman–Crippen LogP) is 4.19. The monoisotopic (exact) mass is 239 g/mol. The van der Waals surface area contributed by atoms with E-state index in [1.807, 2.05) is 0 Å². The van der Waals surface area contributed by atoms with Gasteiger partial charge in [0.25, 0.3) is 0 Å². The van der Waals surface area contributed by atoms with Crippen LogP contribution in [0.5, 0.6) is 0 Å². The van der Waals surface area contributed by atoms with Gasteiger partial charge >= 0.3 is 0 Å². The van der Waals surface area contributed by atoms with E-state index in [2.05, 4.69) is 57.2 Å². The Bertz CT molecular complexity index is 598. The standard InChI is InChI=1S/C17H21N/c1-11-8-9-14(13-7-5-4-6-12(11)13)16(18)15-10-17(15,2)3/h4-9,15-16H,10,18H2,1-3H3. The second-order valence-corrected chi connectivity index (χ2v) is 6.34. The van der Waals surface area contributed by atoms with Crippen LogP contribution in [0.25, 0.3) is 10.8 Å². The van der Waals surface area contributed by atoms with Crippen LogP contribution in [0, 0.1) is 18.3 Å². The van der Waals surface area contributed by atoms with Crippen LogP contribution in [-0.2, 0) is 0 Å². The first-order valence-corrected chi connectivity index (χ1v) is 6.74. The van der Waals surface area contributed by atoms with Gasteiger partial charge in [-0.05, 0) is 46.6 Å². The Morgan fingerprint density at radius 1 is 1.11 bits per heavy atom. The lowest BCUT2D eigenvalue weighted by atomic mass is 9.92. The first-order valence-electron chi connectivity index (χ1n) is 6.74. The second kappa shape index (κ2) is 3.83. The molecular weight excluding hydrogens is 218 g/mol. The molecule has 0 amide bonds. The van der Waals surface area contributed by atoms with Crippen molar-refractivity contribution in [3.63, 3.8) is 0 Å². The fourth-order valence-corrected chi connectivity index (χ4v) is 3.10. The van der Waals surface area contributed by atoms with E-state index >= 15 is 0 Å². The summed E-state index contributed by atoms with van der Waals surface area (Å²) >= 11 is 0. The van der Waals surface area contributed by atoms with Crippen molar-refractivity contribution in [1.82, 2.24) is 0 Å². The number of benzene rings is 2. The zero-order chi connectivity index (χ0) is 12.9. The van der Waals surface area contributed by atoms with Crippen molar-refractivity contribution in [3.05, 3.63) is 47.5 Å². The minimum Gasteiger partial charge on any atom is -0.324 e. The first-order chi connectivity index (χ1) is 8.50. The summed E-state index contributed by atoms with van der Waals surface area (Å²) in [6.07, 6.45) is 1.25. The van der Waals surface area contributed by atoms with Crippen molar-refractivity contribution in [2.45, 2.75) is 33.2 Å². The van der Waals surface area contributed by atoms with Crippen LogP contribution in [0.15, 0.2) is 36.4 Å². The van der Waals surface area contributed by atoms with Gasteiger partial charge in [-0.3, -0.25) is 0 Å². The fourth-order valence-electron chi connectivity index (χ4n) is 3.10. The highest BCUT2D eigenvalue weighted by atomic mass is 14.7. The van der Waals surface area contributed by atoms with E-state index in [1.165, 1.54) is 28.3 Å². The van der Waals surface area contributed by atoms with E-state index in [0.29, 0.717) is 11.3 Å². The minimum absolute atomic E-state index is 0.172. The Balaban J connectivity index is 2.10. The van der Waals surface area contributed by atoms with Crippen LogP contribution < -0.4 is 5.73 Å². The van der Waals surface area contributed by atoms with E-state index in [1.54, 1.807) is 0 Å². The highest BCUT2D eigenvalue weighted by Crippen LogP contribution is 2.57. The third-order valence-corrected chi connectivity index (χ3v) is 4.56. The Labute approximate surface area is 109 Å². The lowest BCUT2D eigenvalue weighted by Crippen LogP contribution is -2.16. The van der Waals surface area contributed by atoms with Crippen molar-refractivity contribution in [3.8, 4) is 0 Å². The maximum atomic E-state index is 6.49. The van der Waals surface area contributed by atoms with Crippen LogP contribution >= 0.6 is 0 Å². The van der Waals surface area contributed by atoms with Crippen LogP contribution in [0.2, 0.25) is 0 Å². The molecule has 0 heterocycles. The Hall–Kier alpha value is -1.34. The maximum Gasteiger partial charge on any atom is 0.0335 e. The van der Waals surface area contributed by atoms with Gasteiger partial charge < -0.3 is 5.73 Å². The molecule has 2 aromatic carbocycles. The van der Waals surface area contributed by atoms with Crippen LogP contribution in [0.3, 0.4) is 0 Å². The zero-order valence-corrected chi connectivity index (χ0v) is 11.4. The molecule has 1 nitrogen and oxygen atoms in total. The average Bonchev–Trinajstić information content (AvgIpc) is 2.99. The summed E-state index contributed by atoms with van der Waals surface area (Å²) in [5, 5.41) is 2.66. The number of nitrogens with two attached hydrogens (primary N) is 1. The number of hydrogen-bond acceptors (Lipinski definition) is 1. The van der Waals surface area contributed by atoms with Crippen LogP contribution in [-0.4, -0.2) is 0 Å². The Morgan fingerprint density at radius 3 is 2.33 bits per heavy atom. The summed E-state index contributed by atoms with van der Waals surface area (Å²) in [7, 11) is 0. The summed E-state index contributed by atoms with van der Waals surface area (Å²) in [6, 6.07) is 13.2. The van der Waals surface area contributed by atoms with E-state index in [-0.39, 0.29) is 6.04 Å². The highest BCUT2D eigenvalue weighted by molar-refractivity contribution is 5.89. The zero-order valence-electron chi connectivity index (χ0n) is 11.4. The number of rotatable bonds is 2. The molecule has 1 saturated carbocycles. The van der Waals surface area contributed by atoms with Crippen molar-refractivity contribution in [2.24, 2.45) is 17.1 Å². The summed E-state index contributed by atoms with van der Waals surface area (Å²) in [4.78, 5) is 0. The number of fused-ring (bicyclic) bond motifs is 1. The van der Waals surface area contributed by atoms with Gasteiger partial charge in [0.15, 0.2) is 0 Å². The van der Waals surface area contributed by atoms with Crippen LogP contribution in [0.4, 0.5) is 0 Å². The molecule has 0 radical (unpaired) electrons. The summed E-state index contributed by atoms with van der Waals surface area (Å²) < 4.78 is 0. The van der Waals surface area contributed by atoms with Gasteiger partial charge in [-0.1, -0.05) is 50.2 Å². The molecule has 0 aromatic heterocycles. The van der Waals surface area contributed by atoms with Gasteiger partial charge in [0, 0.05) is 6.04 Å². The molecule has 3 rings (SSSR count). The SMILES string of the molecule is Cc1ccc(C(N)C2CC2(C)C)c2ccccc12. The molecule has 0 bridgehead atoms. The number of aryl methyl sites for hydroxylation is 1. The molecule has 94 valence electrons. The van der Waals surface area contributed by atoms with Crippen LogP contribution in [0.1, 0.15) is 37.4 Å². The first kappa shape index (κ1) is 11.7. The van der Waals surface area contributed by atoms with Gasteiger partial charge in [0.05, 0.1) is 0 Å². The third kappa shape index (κ3) is 1.74. The van der Waals surface area contributed by atoms with Gasteiger partial charge in [-0.15, -0.1) is 0 Å². The number of hydrogen-bond donors (Lipinski definition) is 1. The topological polar surface area (TPSA) is 26.0 Å². The minimum atomic E-state index is 0.172. The fraction of sp³-hybridized carbons (Fsp3) is 0.412. The molecule has 0 spiro atoms. The van der Waals surface area contributed by atoms with Crippen molar-refractivity contribution in [2.75, 3.05) is 0 Å². The average molecular weight is 239 g/mol. The molecule has 2 aromatic rings. The molecule has 1 aliphatic rings. The van der Waals surface area contributed by atoms with Crippen molar-refractivity contribution in [1.29, 1.82) is 0 Å². The van der Waals surface area contributed by atoms with E-state index in [0.717, 1.165) is 0 Å². The smallest absolute Gasteiger partial charge is 0.0335 e. The third-order valence-electron chi connectivity index (χ3n) is 4.56. The molecule has 2 N–H and O–H groups in total. The van der Waals surface area contributed by atoms with Crippen molar-refractivity contribution < 1.29 is 0 Å². The Kier molecular flexibility index (Phi) is 2.49. The molecule has 0 saturated heterocycles. The van der Waals surface area contributed by atoms with E-state index in [9.17, 15) is 0 Å². The molecule has 0 aliphatic heterocycles. The second-order valence-electron chi connectivity index (χ2n) is 6.34.